The molecule has 0 unspecified atom stereocenters. The fourth-order valence-electron chi connectivity index (χ4n) is 1.96. The number of halogens is 2. The molecule has 0 spiro atoms. The largest absolute Gasteiger partial charge is 0.496 e. The van der Waals surface area contributed by atoms with E-state index in [2.05, 4.69) is 21.2 Å². The highest BCUT2D eigenvalue weighted by atomic mass is 79.9. The third kappa shape index (κ3) is 4.29. The first-order valence-corrected chi connectivity index (χ1v) is 7.26. The Morgan fingerprint density at radius 3 is 2.76 bits per heavy atom. The van der Waals surface area contributed by atoms with Crippen molar-refractivity contribution in [2.75, 3.05) is 12.4 Å². The molecule has 0 radical (unpaired) electrons. The molecule has 0 aliphatic carbocycles. The number of hydrogen-bond acceptors (Lipinski definition) is 2. The van der Waals surface area contributed by atoms with Gasteiger partial charge in [-0.3, -0.25) is 4.79 Å². The van der Waals surface area contributed by atoms with E-state index in [1.54, 1.807) is 13.2 Å². The van der Waals surface area contributed by atoms with Crippen molar-refractivity contribution < 1.29 is 13.9 Å². The van der Waals surface area contributed by atoms with Crippen LogP contribution in [0.25, 0.3) is 0 Å². The lowest BCUT2D eigenvalue weighted by atomic mass is 10.1. The van der Waals surface area contributed by atoms with Crippen LogP contribution in [-0.2, 0) is 11.2 Å². The van der Waals surface area contributed by atoms with Gasteiger partial charge in [0.15, 0.2) is 0 Å². The van der Waals surface area contributed by atoms with Crippen LogP contribution < -0.4 is 10.1 Å². The zero-order valence-corrected chi connectivity index (χ0v) is 13.1. The van der Waals surface area contributed by atoms with Crippen LogP contribution in [-0.4, -0.2) is 13.0 Å². The molecule has 0 aromatic heterocycles. The molecule has 0 aliphatic heterocycles. The number of carbonyl (C=O) groups excluding carboxylic acids is 1. The normalized spacial score (nSPS) is 10.2. The average Bonchev–Trinajstić information content (AvgIpc) is 2.48. The SMILES string of the molecule is COc1ccccc1CCC(=O)Nc1ccc(Br)cc1F. The Labute approximate surface area is 131 Å². The number of para-hydroxylation sites is 1. The molecule has 1 N–H and O–H groups in total. The quantitative estimate of drug-likeness (QED) is 0.877. The Kier molecular flexibility index (Phi) is 5.33. The van der Waals surface area contributed by atoms with E-state index in [1.807, 2.05) is 24.3 Å². The molecule has 2 aromatic carbocycles. The number of amides is 1. The molecule has 0 atom stereocenters. The number of ether oxygens (including phenoxy) is 1. The predicted molar refractivity (Wildman–Crippen MR) is 84.0 cm³/mol. The Balaban J connectivity index is 1.96. The highest BCUT2D eigenvalue weighted by Crippen LogP contribution is 2.21. The van der Waals surface area contributed by atoms with Gasteiger partial charge in [-0.05, 0) is 36.2 Å². The Bertz CT molecular complexity index is 646. The number of carbonyl (C=O) groups is 1. The Hall–Kier alpha value is -1.88. The van der Waals surface area contributed by atoms with Gasteiger partial charge in [-0.15, -0.1) is 0 Å². The van der Waals surface area contributed by atoms with Gasteiger partial charge in [-0.1, -0.05) is 34.1 Å². The molecule has 110 valence electrons. The molecular formula is C16H15BrFNO2. The van der Waals surface area contributed by atoms with Crippen molar-refractivity contribution >= 4 is 27.5 Å². The average molecular weight is 352 g/mol. The third-order valence-corrected chi connectivity index (χ3v) is 3.51. The van der Waals surface area contributed by atoms with Crippen molar-refractivity contribution in [2.45, 2.75) is 12.8 Å². The molecule has 21 heavy (non-hydrogen) atoms. The summed E-state index contributed by atoms with van der Waals surface area (Å²) in [7, 11) is 1.59. The monoisotopic (exact) mass is 351 g/mol. The summed E-state index contributed by atoms with van der Waals surface area (Å²) in [6.45, 7) is 0. The van der Waals surface area contributed by atoms with E-state index < -0.39 is 5.82 Å². The van der Waals surface area contributed by atoms with Crippen molar-refractivity contribution in [3.05, 3.63) is 58.3 Å². The molecule has 0 bridgehead atoms. The zero-order chi connectivity index (χ0) is 15.2. The highest BCUT2D eigenvalue weighted by molar-refractivity contribution is 9.10. The van der Waals surface area contributed by atoms with E-state index in [1.165, 1.54) is 12.1 Å². The number of hydrogen-bond donors (Lipinski definition) is 1. The minimum atomic E-state index is -0.463. The lowest BCUT2D eigenvalue weighted by Gasteiger charge is -2.09. The topological polar surface area (TPSA) is 38.3 Å². The predicted octanol–water partition coefficient (Wildman–Crippen LogP) is 4.17. The lowest BCUT2D eigenvalue weighted by Crippen LogP contribution is -2.13. The molecule has 0 fully saturated rings. The molecule has 2 aromatic rings. The first kappa shape index (κ1) is 15.5. The van der Waals surface area contributed by atoms with E-state index >= 15 is 0 Å². The first-order chi connectivity index (χ1) is 10.1. The van der Waals surface area contributed by atoms with E-state index in [-0.39, 0.29) is 18.0 Å². The van der Waals surface area contributed by atoms with Crippen LogP contribution in [0.15, 0.2) is 46.9 Å². The fourth-order valence-corrected chi connectivity index (χ4v) is 2.29. The van der Waals surface area contributed by atoms with Crippen molar-refractivity contribution in [3.63, 3.8) is 0 Å². The van der Waals surface area contributed by atoms with Gasteiger partial charge in [0.25, 0.3) is 0 Å². The summed E-state index contributed by atoms with van der Waals surface area (Å²) in [5.74, 6) is 0.0530. The van der Waals surface area contributed by atoms with Crippen LogP contribution >= 0.6 is 15.9 Å². The summed E-state index contributed by atoms with van der Waals surface area (Å²) < 4.78 is 19.5. The number of rotatable bonds is 5. The maximum Gasteiger partial charge on any atom is 0.224 e. The molecule has 0 saturated heterocycles. The van der Waals surface area contributed by atoms with Gasteiger partial charge in [0.05, 0.1) is 12.8 Å². The second kappa shape index (κ2) is 7.22. The number of aryl methyl sites for hydroxylation is 1. The molecular weight excluding hydrogens is 337 g/mol. The maximum absolute atomic E-state index is 13.6. The molecule has 5 heteroatoms. The second-order valence-electron chi connectivity index (χ2n) is 4.48. The van der Waals surface area contributed by atoms with Gasteiger partial charge in [-0.2, -0.15) is 0 Å². The number of nitrogens with one attached hydrogen (secondary N) is 1. The van der Waals surface area contributed by atoms with Gasteiger partial charge in [0.1, 0.15) is 11.6 Å². The van der Waals surface area contributed by atoms with Crippen LogP contribution in [0.3, 0.4) is 0 Å². The van der Waals surface area contributed by atoms with E-state index in [0.29, 0.717) is 10.9 Å². The van der Waals surface area contributed by atoms with Gasteiger partial charge in [-0.25, -0.2) is 4.39 Å². The maximum atomic E-state index is 13.6. The van der Waals surface area contributed by atoms with Crippen LogP contribution in [0.4, 0.5) is 10.1 Å². The van der Waals surface area contributed by atoms with Crippen LogP contribution in [0.2, 0.25) is 0 Å². The first-order valence-electron chi connectivity index (χ1n) is 6.47. The standard InChI is InChI=1S/C16H15BrFNO2/c1-21-15-5-3-2-4-11(15)6-9-16(20)19-14-8-7-12(17)10-13(14)18/h2-5,7-8,10H,6,9H2,1H3,(H,19,20). The van der Waals surface area contributed by atoms with Gasteiger partial charge in [0, 0.05) is 10.9 Å². The molecule has 2 rings (SSSR count). The van der Waals surface area contributed by atoms with Crippen LogP contribution in [0, 0.1) is 5.82 Å². The van der Waals surface area contributed by atoms with Crippen molar-refractivity contribution in [1.29, 1.82) is 0 Å². The molecule has 0 saturated carbocycles. The summed E-state index contributed by atoms with van der Waals surface area (Å²) in [6.07, 6.45) is 0.796. The summed E-state index contributed by atoms with van der Waals surface area (Å²) in [4.78, 5) is 11.9. The Morgan fingerprint density at radius 1 is 1.29 bits per heavy atom. The minimum absolute atomic E-state index is 0.184. The number of anilines is 1. The number of methoxy groups -OCH3 is 1. The number of benzene rings is 2. The van der Waals surface area contributed by atoms with Crippen molar-refractivity contribution in [2.24, 2.45) is 0 Å². The second-order valence-corrected chi connectivity index (χ2v) is 5.40. The highest BCUT2D eigenvalue weighted by Gasteiger charge is 2.09. The summed E-state index contributed by atoms with van der Waals surface area (Å²) in [5, 5.41) is 2.57. The van der Waals surface area contributed by atoms with Gasteiger partial charge < -0.3 is 10.1 Å². The van der Waals surface area contributed by atoms with E-state index in [9.17, 15) is 9.18 Å². The van der Waals surface area contributed by atoms with Crippen molar-refractivity contribution in [1.82, 2.24) is 0 Å². The summed E-state index contributed by atoms with van der Waals surface area (Å²) >= 11 is 3.17. The molecule has 0 aliphatic rings. The third-order valence-electron chi connectivity index (χ3n) is 3.02. The molecule has 0 heterocycles. The lowest BCUT2D eigenvalue weighted by molar-refractivity contribution is -0.116. The smallest absolute Gasteiger partial charge is 0.224 e. The van der Waals surface area contributed by atoms with Gasteiger partial charge >= 0.3 is 0 Å². The summed E-state index contributed by atoms with van der Waals surface area (Å²) in [6, 6.07) is 12.0. The Morgan fingerprint density at radius 2 is 2.05 bits per heavy atom. The minimum Gasteiger partial charge on any atom is -0.496 e. The summed E-state index contributed by atoms with van der Waals surface area (Å²) in [5.41, 5.74) is 1.13. The van der Waals surface area contributed by atoms with E-state index in [0.717, 1.165) is 11.3 Å². The molecule has 3 nitrogen and oxygen atoms in total. The van der Waals surface area contributed by atoms with Gasteiger partial charge in [0.2, 0.25) is 5.91 Å². The molecule has 1 amide bonds. The van der Waals surface area contributed by atoms with Crippen molar-refractivity contribution in [3.8, 4) is 5.75 Å². The fraction of sp³-hybridized carbons (Fsp3) is 0.188. The zero-order valence-electron chi connectivity index (χ0n) is 11.5. The van der Waals surface area contributed by atoms with E-state index in [4.69, 9.17) is 4.74 Å². The van der Waals surface area contributed by atoms with Crippen LogP contribution in [0.5, 0.6) is 5.75 Å². The van der Waals surface area contributed by atoms with Crippen LogP contribution in [0.1, 0.15) is 12.0 Å².